The number of hydrogen-bond acceptors (Lipinski definition) is 6. The molecule has 0 saturated carbocycles. The number of nitrogens with zero attached hydrogens (tertiary/aromatic N) is 3. The van der Waals surface area contributed by atoms with Crippen molar-refractivity contribution in [2.45, 2.75) is 25.2 Å². The predicted octanol–water partition coefficient (Wildman–Crippen LogP) is 1.52. The number of benzene rings is 2. The summed E-state index contributed by atoms with van der Waals surface area (Å²) < 4.78 is 10.7. The zero-order valence-electron chi connectivity index (χ0n) is 19.3. The second-order valence-corrected chi connectivity index (χ2v) is 8.22. The highest BCUT2D eigenvalue weighted by Crippen LogP contribution is 2.33. The van der Waals surface area contributed by atoms with Gasteiger partial charge in [0.25, 0.3) is 0 Å². The summed E-state index contributed by atoms with van der Waals surface area (Å²) in [6.07, 6.45) is -1.27. The monoisotopic (exact) mass is 482 g/mol. The molecule has 2 aliphatic heterocycles. The zero-order chi connectivity index (χ0) is 25.1. The lowest BCUT2D eigenvalue weighted by Crippen LogP contribution is -2.73. The van der Waals surface area contributed by atoms with Gasteiger partial charge in [0.05, 0.1) is 33.4 Å². The minimum absolute atomic E-state index is 0.0110. The summed E-state index contributed by atoms with van der Waals surface area (Å²) in [6.45, 7) is -0.167. The normalized spacial score (nSPS) is 19.3. The molecule has 2 aromatic rings. The number of hydrogen-bond donors (Lipinski definition) is 2. The molecule has 5 amide bonds. The van der Waals surface area contributed by atoms with Gasteiger partial charge in [0.15, 0.2) is 0 Å². The summed E-state index contributed by atoms with van der Waals surface area (Å²) in [6, 6.07) is 11.7. The van der Waals surface area contributed by atoms with Crippen molar-refractivity contribution in [2.24, 2.45) is 0 Å². The molecule has 2 heterocycles. The fraction of sp³-hybridized carbons (Fsp3) is 0.333. The number of likely N-dealkylation sites (tertiary alicyclic amines) is 1. The number of rotatable bonds is 9. The molecule has 11 heteroatoms. The molecule has 0 radical (unpaired) electrons. The summed E-state index contributed by atoms with van der Waals surface area (Å²) in [5.74, 6) is 0.223. The maximum atomic E-state index is 13.3. The van der Waals surface area contributed by atoms with E-state index in [2.05, 4.69) is 5.32 Å². The van der Waals surface area contributed by atoms with Crippen LogP contribution in [0.25, 0.3) is 0 Å². The minimum Gasteiger partial charge on any atom is -0.497 e. The van der Waals surface area contributed by atoms with Crippen LogP contribution in [0.1, 0.15) is 11.1 Å². The Bertz CT molecular complexity index is 1120. The van der Waals surface area contributed by atoms with Gasteiger partial charge >= 0.3 is 12.1 Å². The molecule has 35 heavy (non-hydrogen) atoms. The Morgan fingerprint density at radius 3 is 2.46 bits per heavy atom. The molecule has 4 rings (SSSR count). The van der Waals surface area contributed by atoms with Gasteiger partial charge in [0.1, 0.15) is 17.5 Å². The number of ether oxygens (including phenoxy) is 2. The van der Waals surface area contributed by atoms with Crippen LogP contribution < -0.4 is 14.8 Å². The Morgan fingerprint density at radius 1 is 1.11 bits per heavy atom. The Balaban J connectivity index is 1.63. The standard InChI is InChI=1S/C24H26N4O7/c1-34-17-9-8-16(19(10-17)35-2)13-26-18(14-27-20(29)11-25-23(27)31)21(22(26)30)28(24(32)33)12-15-6-4-3-5-7-15/h3-10,18,21H,11-14H2,1-2H3,(H,25,31)(H,32,33)/t18-,21+/m1/s1. The summed E-state index contributed by atoms with van der Waals surface area (Å²) in [4.78, 5) is 53.5. The van der Waals surface area contributed by atoms with Gasteiger partial charge in [-0.2, -0.15) is 0 Å². The van der Waals surface area contributed by atoms with Gasteiger partial charge in [-0.05, 0) is 17.7 Å². The third-order valence-electron chi connectivity index (χ3n) is 6.22. The molecule has 0 spiro atoms. The second-order valence-electron chi connectivity index (χ2n) is 8.22. The van der Waals surface area contributed by atoms with Crippen LogP contribution in [0, 0.1) is 0 Å². The Hall–Kier alpha value is -4.28. The van der Waals surface area contributed by atoms with Gasteiger partial charge in [0.2, 0.25) is 11.8 Å². The number of urea groups is 1. The largest absolute Gasteiger partial charge is 0.497 e. The van der Waals surface area contributed by atoms with Gasteiger partial charge in [0, 0.05) is 24.7 Å². The number of carboxylic acid groups (broad SMARTS) is 1. The van der Waals surface area contributed by atoms with E-state index in [1.54, 1.807) is 42.5 Å². The lowest BCUT2D eigenvalue weighted by Gasteiger charge is -2.51. The van der Waals surface area contributed by atoms with Crippen molar-refractivity contribution in [3.63, 3.8) is 0 Å². The van der Waals surface area contributed by atoms with Crippen molar-refractivity contribution in [3.05, 3.63) is 59.7 Å². The van der Waals surface area contributed by atoms with E-state index in [-0.39, 0.29) is 26.2 Å². The van der Waals surface area contributed by atoms with Crippen LogP contribution >= 0.6 is 0 Å². The molecule has 11 nitrogen and oxygen atoms in total. The average Bonchev–Trinajstić information content (AvgIpc) is 3.18. The highest BCUT2D eigenvalue weighted by Gasteiger charge is 2.53. The van der Waals surface area contributed by atoms with Crippen LogP contribution in [0.5, 0.6) is 11.5 Å². The molecule has 2 saturated heterocycles. The summed E-state index contributed by atoms with van der Waals surface area (Å²) in [7, 11) is 3.02. The minimum atomic E-state index is -1.27. The van der Waals surface area contributed by atoms with E-state index in [0.29, 0.717) is 22.6 Å². The number of carbonyl (C=O) groups excluding carboxylic acids is 3. The van der Waals surface area contributed by atoms with Crippen molar-refractivity contribution in [1.29, 1.82) is 0 Å². The SMILES string of the molecule is COc1ccc(CN2C(=O)[C@@H](N(Cc3ccccc3)C(=O)O)[C@H]2CN2C(=O)CNC2=O)c(OC)c1. The fourth-order valence-corrected chi connectivity index (χ4v) is 4.38. The molecular formula is C24H26N4O7. The summed E-state index contributed by atoms with van der Waals surface area (Å²) in [5, 5.41) is 12.4. The van der Waals surface area contributed by atoms with Gasteiger partial charge in [-0.15, -0.1) is 0 Å². The van der Waals surface area contributed by atoms with E-state index >= 15 is 0 Å². The molecule has 0 bridgehead atoms. The molecule has 0 aromatic heterocycles. The maximum Gasteiger partial charge on any atom is 0.408 e. The average molecular weight is 482 g/mol. The van der Waals surface area contributed by atoms with Crippen molar-refractivity contribution in [1.82, 2.24) is 20.0 Å². The first kappa shape index (κ1) is 23.9. The van der Waals surface area contributed by atoms with Crippen LogP contribution in [0.2, 0.25) is 0 Å². The van der Waals surface area contributed by atoms with Crippen molar-refractivity contribution >= 4 is 23.9 Å². The highest BCUT2D eigenvalue weighted by molar-refractivity contribution is 6.02. The summed E-state index contributed by atoms with van der Waals surface area (Å²) in [5.41, 5.74) is 1.39. The van der Waals surface area contributed by atoms with Crippen LogP contribution in [0.15, 0.2) is 48.5 Å². The topological polar surface area (TPSA) is 129 Å². The van der Waals surface area contributed by atoms with Gasteiger partial charge in [-0.1, -0.05) is 30.3 Å². The Morgan fingerprint density at radius 2 is 1.86 bits per heavy atom. The van der Waals surface area contributed by atoms with Gasteiger partial charge in [-0.25, -0.2) is 9.59 Å². The molecule has 2 N–H and O–H groups in total. The molecule has 2 atom stereocenters. The van der Waals surface area contributed by atoms with Crippen molar-refractivity contribution < 1.29 is 33.8 Å². The van der Waals surface area contributed by atoms with Crippen molar-refractivity contribution in [2.75, 3.05) is 27.3 Å². The van der Waals surface area contributed by atoms with Gasteiger partial charge in [-0.3, -0.25) is 19.4 Å². The van der Waals surface area contributed by atoms with Crippen LogP contribution in [-0.2, 0) is 22.7 Å². The van der Waals surface area contributed by atoms with Crippen LogP contribution in [-0.4, -0.2) is 83.1 Å². The van der Waals surface area contributed by atoms with E-state index in [1.165, 1.54) is 19.1 Å². The third kappa shape index (κ3) is 4.70. The quantitative estimate of drug-likeness (QED) is 0.410. The van der Waals surface area contributed by atoms with Gasteiger partial charge < -0.3 is 24.8 Å². The number of nitrogens with one attached hydrogen (secondary N) is 1. The second kappa shape index (κ2) is 9.92. The first-order chi connectivity index (χ1) is 16.8. The van der Waals surface area contributed by atoms with E-state index in [1.807, 2.05) is 6.07 Å². The molecule has 0 unspecified atom stereocenters. The molecular weight excluding hydrogens is 456 g/mol. The smallest absolute Gasteiger partial charge is 0.408 e. The molecule has 0 aliphatic carbocycles. The van der Waals surface area contributed by atoms with Crippen LogP contribution in [0.4, 0.5) is 9.59 Å². The third-order valence-corrected chi connectivity index (χ3v) is 6.22. The predicted molar refractivity (Wildman–Crippen MR) is 123 cm³/mol. The van der Waals surface area contributed by atoms with E-state index in [0.717, 1.165) is 9.80 Å². The Kier molecular flexibility index (Phi) is 6.76. The van der Waals surface area contributed by atoms with E-state index < -0.39 is 36.0 Å². The van der Waals surface area contributed by atoms with E-state index in [9.17, 15) is 24.3 Å². The fourth-order valence-electron chi connectivity index (χ4n) is 4.38. The molecule has 2 aliphatic rings. The number of methoxy groups -OCH3 is 2. The number of carbonyl (C=O) groups is 4. The summed E-state index contributed by atoms with van der Waals surface area (Å²) >= 11 is 0. The van der Waals surface area contributed by atoms with Crippen LogP contribution in [0.3, 0.4) is 0 Å². The maximum absolute atomic E-state index is 13.3. The number of amides is 5. The Labute approximate surface area is 201 Å². The lowest BCUT2D eigenvalue weighted by atomic mass is 9.91. The molecule has 2 fully saturated rings. The lowest BCUT2D eigenvalue weighted by molar-refractivity contribution is -0.161. The number of imide groups is 1. The first-order valence-corrected chi connectivity index (χ1v) is 11.0. The zero-order valence-corrected chi connectivity index (χ0v) is 19.3. The van der Waals surface area contributed by atoms with E-state index in [4.69, 9.17) is 9.47 Å². The number of β-lactam (4-membered cyclic amide) rings is 1. The van der Waals surface area contributed by atoms with Crippen molar-refractivity contribution in [3.8, 4) is 11.5 Å². The molecule has 184 valence electrons. The highest BCUT2D eigenvalue weighted by atomic mass is 16.5. The molecule has 2 aromatic carbocycles. The first-order valence-electron chi connectivity index (χ1n) is 11.0.